The molecular formula is C13H11N3O3. The Balaban J connectivity index is 2.07. The predicted octanol–water partition coefficient (Wildman–Crippen LogP) is 1.91. The van der Waals surface area contributed by atoms with Gasteiger partial charge in [-0.25, -0.2) is 4.98 Å². The lowest BCUT2D eigenvalue weighted by Gasteiger charge is -2.05. The van der Waals surface area contributed by atoms with Gasteiger partial charge in [-0.2, -0.15) is 0 Å². The molecule has 1 atom stereocenters. The van der Waals surface area contributed by atoms with E-state index in [0.29, 0.717) is 17.1 Å². The van der Waals surface area contributed by atoms with Gasteiger partial charge in [0.2, 0.25) is 0 Å². The molecule has 19 heavy (non-hydrogen) atoms. The average molecular weight is 257 g/mol. The van der Waals surface area contributed by atoms with Crippen molar-refractivity contribution in [1.29, 1.82) is 0 Å². The number of carboxylic acids is 1. The van der Waals surface area contributed by atoms with Crippen molar-refractivity contribution in [2.24, 2.45) is 5.73 Å². The number of nitrogens with one attached hydrogen (secondary N) is 1. The van der Waals surface area contributed by atoms with E-state index in [0.717, 1.165) is 11.0 Å². The van der Waals surface area contributed by atoms with Gasteiger partial charge in [0.25, 0.3) is 0 Å². The maximum absolute atomic E-state index is 10.9. The second-order valence-electron chi connectivity index (χ2n) is 4.16. The zero-order chi connectivity index (χ0) is 13.4. The van der Waals surface area contributed by atoms with Crippen LogP contribution in [0.4, 0.5) is 0 Å². The largest absolute Gasteiger partial charge is 0.480 e. The lowest BCUT2D eigenvalue weighted by Crippen LogP contribution is -2.20. The fourth-order valence-corrected chi connectivity index (χ4v) is 1.89. The Labute approximate surface area is 107 Å². The summed E-state index contributed by atoms with van der Waals surface area (Å²) in [5.74, 6) is 0.159. The molecule has 6 nitrogen and oxygen atoms in total. The van der Waals surface area contributed by atoms with Crippen LogP contribution < -0.4 is 5.73 Å². The maximum Gasteiger partial charge on any atom is 0.325 e. The van der Waals surface area contributed by atoms with Gasteiger partial charge in [-0.15, -0.1) is 0 Å². The monoisotopic (exact) mass is 257 g/mol. The van der Waals surface area contributed by atoms with Gasteiger partial charge < -0.3 is 20.2 Å². The number of carbonyl (C=O) groups is 1. The van der Waals surface area contributed by atoms with Crippen LogP contribution in [0.1, 0.15) is 11.6 Å². The zero-order valence-electron chi connectivity index (χ0n) is 9.83. The zero-order valence-corrected chi connectivity index (χ0v) is 9.83. The van der Waals surface area contributed by atoms with Crippen molar-refractivity contribution in [3.63, 3.8) is 0 Å². The average Bonchev–Trinajstić information content (AvgIpc) is 3.05. The molecule has 0 bridgehead atoms. The summed E-state index contributed by atoms with van der Waals surface area (Å²) >= 11 is 0. The number of carboxylic acid groups (broad SMARTS) is 1. The number of hydrogen-bond acceptors (Lipinski definition) is 4. The van der Waals surface area contributed by atoms with Crippen molar-refractivity contribution in [1.82, 2.24) is 9.97 Å². The van der Waals surface area contributed by atoms with E-state index >= 15 is 0 Å². The first-order valence-corrected chi connectivity index (χ1v) is 5.67. The highest BCUT2D eigenvalue weighted by atomic mass is 16.4. The molecule has 3 aromatic rings. The van der Waals surface area contributed by atoms with Gasteiger partial charge in [0, 0.05) is 0 Å². The summed E-state index contributed by atoms with van der Waals surface area (Å²) < 4.78 is 5.25. The molecule has 1 unspecified atom stereocenters. The number of imidazole rings is 1. The summed E-state index contributed by atoms with van der Waals surface area (Å²) in [4.78, 5) is 18.3. The number of furan rings is 1. The number of aromatic amines is 1. The molecule has 2 heterocycles. The van der Waals surface area contributed by atoms with Crippen LogP contribution >= 0.6 is 0 Å². The Bertz CT molecular complexity index is 731. The molecule has 96 valence electrons. The van der Waals surface area contributed by atoms with Gasteiger partial charge in [-0.05, 0) is 29.8 Å². The van der Waals surface area contributed by atoms with E-state index in [1.807, 2.05) is 0 Å². The lowest BCUT2D eigenvalue weighted by molar-refractivity contribution is -0.138. The number of rotatable bonds is 3. The van der Waals surface area contributed by atoms with E-state index < -0.39 is 12.0 Å². The number of H-pyrrole nitrogens is 1. The summed E-state index contributed by atoms with van der Waals surface area (Å²) in [5, 5.41) is 8.90. The first-order valence-electron chi connectivity index (χ1n) is 5.67. The van der Waals surface area contributed by atoms with E-state index in [1.54, 1.807) is 36.6 Å². The fraction of sp³-hybridized carbons (Fsp3) is 0.0769. The van der Waals surface area contributed by atoms with Crippen LogP contribution in [0.5, 0.6) is 0 Å². The minimum Gasteiger partial charge on any atom is -0.480 e. The van der Waals surface area contributed by atoms with Crippen LogP contribution in [0, 0.1) is 0 Å². The third-order valence-electron chi connectivity index (χ3n) is 2.89. The lowest BCUT2D eigenvalue weighted by atomic mass is 10.1. The molecule has 1 aromatic carbocycles. The molecular weight excluding hydrogens is 246 g/mol. The first kappa shape index (κ1) is 11.5. The van der Waals surface area contributed by atoms with E-state index in [9.17, 15) is 4.79 Å². The van der Waals surface area contributed by atoms with Gasteiger partial charge in [-0.3, -0.25) is 4.79 Å². The van der Waals surface area contributed by atoms with Crippen molar-refractivity contribution in [3.05, 3.63) is 42.2 Å². The highest BCUT2D eigenvalue weighted by Crippen LogP contribution is 2.23. The highest BCUT2D eigenvalue weighted by Gasteiger charge is 2.15. The minimum atomic E-state index is -1.06. The fourth-order valence-electron chi connectivity index (χ4n) is 1.89. The summed E-state index contributed by atoms with van der Waals surface area (Å²) in [5.41, 5.74) is 7.55. The molecule has 4 N–H and O–H groups in total. The molecule has 0 spiro atoms. The van der Waals surface area contributed by atoms with Crippen LogP contribution in [-0.4, -0.2) is 21.0 Å². The van der Waals surface area contributed by atoms with Gasteiger partial charge in [0.1, 0.15) is 6.04 Å². The van der Waals surface area contributed by atoms with Crippen LogP contribution in [0.3, 0.4) is 0 Å². The summed E-state index contributed by atoms with van der Waals surface area (Å²) in [6.45, 7) is 0. The molecule has 2 aromatic heterocycles. The second kappa shape index (κ2) is 4.25. The second-order valence-corrected chi connectivity index (χ2v) is 4.16. The van der Waals surface area contributed by atoms with E-state index in [2.05, 4.69) is 9.97 Å². The maximum atomic E-state index is 10.9. The minimum absolute atomic E-state index is 0.523. The molecule has 0 aliphatic heterocycles. The normalized spacial score (nSPS) is 12.7. The van der Waals surface area contributed by atoms with Crippen molar-refractivity contribution in [2.75, 3.05) is 0 Å². The van der Waals surface area contributed by atoms with Crippen LogP contribution in [0.25, 0.3) is 22.6 Å². The molecule has 0 saturated heterocycles. The molecule has 6 heteroatoms. The molecule has 0 saturated carbocycles. The highest BCUT2D eigenvalue weighted by molar-refractivity contribution is 5.82. The Kier molecular flexibility index (Phi) is 2.57. The molecule has 3 rings (SSSR count). The van der Waals surface area contributed by atoms with Gasteiger partial charge >= 0.3 is 5.97 Å². The summed E-state index contributed by atoms with van der Waals surface area (Å²) in [6, 6.07) is 7.60. The summed E-state index contributed by atoms with van der Waals surface area (Å²) in [7, 11) is 0. The van der Waals surface area contributed by atoms with E-state index in [1.165, 1.54) is 0 Å². The Hall–Kier alpha value is -2.60. The quantitative estimate of drug-likeness (QED) is 0.664. The summed E-state index contributed by atoms with van der Waals surface area (Å²) in [6.07, 6.45) is 1.56. The topological polar surface area (TPSA) is 105 Å². The number of fused-ring (bicyclic) bond motifs is 1. The standard InChI is InChI=1S/C13H11N3O3/c14-11(13(17)18)7-3-4-8-9(6-7)16-12(15-8)10-2-1-5-19-10/h1-6,11H,14H2,(H,15,16)(H,17,18). The number of nitrogens with zero attached hydrogens (tertiary/aromatic N) is 1. The third-order valence-corrected chi connectivity index (χ3v) is 2.89. The van der Waals surface area contributed by atoms with Crippen molar-refractivity contribution < 1.29 is 14.3 Å². The van der Waals surface area contributed by atoms with E-state index in [-0.39, 0.29) is 0 Å². The first-order chi connectivity index (χ1) is 9.15. The number of hydrogen-bond donors (Lipinski definition) is 3. The smallest absolute Gasteiger partial charge is 0.325 e. The van der Waals surface area contributed by atoms with Crippen molar-refractivity contribution >= 4 is 17.0 Å². The predicted molar refractivity (Wildman–Crippen MR) is 68.4 cm³/mol. The van der Waals surface area contributed by atoms with Crippen LogP contribution in [0.2, 0.25) is 0 Å². The Morgan fingerprint density at radius 2 is 2.26 bits per heavy atom. The van der Waals surface area contributed by atoms with Crippen molar-refractivity contribution in [3.8, 4) is 11.6 Å². The van der Waals surface area contributed by atoms with E-state index in [4.69, 9.17) is 15.3 Å². The molecule has 0 aliphatic rings. The van der Waals surface area contributed by atoms with Gasteiger partial charge in [-0.1, -0.05) is 6.07 Å². The number of nitrogens with two attached hydrogens (primary N) is 1. The molecule has 0 aliphatic carbocycles. The third kappa shape index (κ3) is 1.98. The van der Waals surface area contributed by atoms with Gasteiger partial charge in [0.05, 0.1) is 17.3 Å². The molecule has 0 radical (unpaired) electrons. The van der Waals surface area contributed by atoms with Crippen LogP contribution in [0.15, 0.2) is 41.0 Å². The van der Waals surface area contributed by atoms with Crippen LogP contribution in [-0.2, 0) is 4.79 Å². The number of benzene rings is 1. The Morgan fingerprint density at radius 1 is 1.42 bits per heavy atom. The Morgan fingerprint density at radius 3 is 2.95 bits per heavy atom. The molecule has 0 fully saturated rings. The van der Waals surface area contributed by atoms with Crippen molar-refractivity contribution in [2.45, 2.75) is 6.04 Å². The van der Waals surface area contributed by atoms with Gasteiger partial charge in [0.15, 0.2) is 11.6 Å². The number of aliphatic carboxylic acids is 1. The number of aromatic nitrogens is 2. The molecule has 0 amide bonds. The SMILES string of the molecule is NC(C(=O)O)c1ccc2nc(-c3ccco3)[nH]c2c1.